The van der Waals surface area contributed by atoms with E-state index in [0.29, 0.717) is 41.3 Å². The molecule has 0 radical (unpaired) electrons. The summed E-state index contributed by atoms with van der Waals surface area (Å²) in [6, 6.07) is 13.2. The normalized spacial score (nSPS) is 21.7. The zero-order chi connectivity index (χ0) is 27.1. The standard InChI is InChI=1S/C27H43N2O6PS/c1-5-8-14-27(6-2)20-37(32,33)25-17-22(19-28-15-16-36(30,31)35-7-3)24(34-4)18-23(25)26(29-27)21-12-10-9-11-13-21/h9-13,17-18,26,28-31,36H,5-8,14-16,19-20H2,1-4H3/t26-,27-/m1/s1. The number of methoxy groups -OCH3 is 1. The van der Waals surface area contributed by atoms with Gasteiger partial charge in [0, 0.05) is 0 Å². The average molecular weight is 555 g/mol. The Morgan fingerprint density at radius 3 is 2.51 bits per heavy atom. The van der Waals surface area contributed by atoms with Crippen LogP contribution >= 0.6 is 7.94 Å². The molecule has 0 bridgehead atoms. The number of hydrogen-bond donors (Lipinski definition) is 4. The van der Waals surface area contributed by atoms with Gasteiger partial charge in [-0.25, -0.2) is 0 Å². The van der Waals surface area contributed by atoms with E-state index in [9.17, 15) is 18.2 Å². The van der Waals surface area contributed by atoms with Gasteiger partial charge in [0.25, 0.3) is 0 Å². The fourth-order valence-corrected chi connectivity index (χ4v) is 8.32. The van der Waals surface area contributed by atoms with Crippen molar-refractivity contribution >= 4 is 17.8 Å². The zero-order valence-corrected chi connectivity index (χ0v) is 24.2. The van der Waals surface area contributed by atoms with E-state index in [-0.39, 0.29) is 24.6 Å². The second-order valence-electron chi connectivity index (χ2n) is 9.79. The third kappa shape index (κ3) is 7.51. The minimum absolute atomic E-state index is 0.0313. The molecule has 1 aliphatic heterocycles. The number of ether oxygens (including phenoxy) is 1. The fraction of sp³-hybridized carbons (Fsp3) is 0.556. The molecule has 0 amide bonds. The third-order valence-corrected chi connectivity index (χ3v) is 10.7. The van der Waals surface area contributed by atoms with Gasteiger partial charge >= 0.3 is 203 Å². The van der Waals surface area contributed by atoms with E-state index in [1.54, 1.807) is 20.1 Å². The van der Waals surface area contributed by atoms with Crippen molar-refractivity contribution in [3.63, 3.8) is 0 Å². The molecule has 10 heteroatoms. The summed E-state index contributed by atoms with van der Waals surface area (Å²) in [7, 11) is -5.73. The van der Waals surface area contributed by atoms with E-state index in [2.05, 4.69) is 24.5 Å². The Kier molecular flexibility index (Phi) is 10.5. The monoisotopic (exact) mass is 554 g/mol. The summed E-state index contributed by atoms with van der Waals surface area (Å²) < 4.78 is 38.6. The first-order chi connectivity index (χ1) is 17.6. The first-order valence-corrected chi connectivity index (χ1v) is 16.8. The van der Waals surface area contributed by atoms with Crippen LogP contribution in [0, 0.1) is 0 Å². The fourth-order valence-electron chi connectivity index (χ4n) is 5.03. The molecule has 208 valence electrons. The van der Waals surface area contributed by atoms with Gasteiger partial charge in [0.05, 0.1) is 0 Å². The Labute approximate surface area is 222 Å². The van der Waals surface area contributed by atoms with Crippen LogP contribution in [0.25, 0.3) is 0 Å². The summed E-state index contributed by atoms with van der Waals surface area (Å²) in [6.45, 7) is 6.77. The molecule has 0 fully saturated rings. The minimum atomic E-state index is -3.69. The van der Waals surface area contributed by atoms with Gasteiger partial charge in [0.15, 0.2) is 0 Å². The first kappa shape index (κ1) is 30.0. The van der Waals surface area contributed by atoms with Crippen LogP contribution < -0.4 is 15.4 Å². The molecular weight excluding hydrogens is 511 g/mol. The van der Waals surface area contributed by atoms with Crippen molar-refractivity contribution in [3.8, 4) is 5.75 Å². The molecule has 1 aliphatic rings. The average Bonchev–Trinajstić information content (AvgIpc) is 2.97. The Morgan fingerprint density at radius 2 is 1.89 bits per heavy atom. The molecule has 0 spiro atoms. The molecule has 0 aromatic heterocycles. The summed E-state index contributed by atoms with van der Waals surface area (Å²) in [6.07, 6.45) is 3.50. The van der Waals surface area contributed by atoms with Gasteiger partial charge in [-0.1, -0.05) is 19.4 Å². The van der Waals surface area contributed by atoms with Crippen molar-refractivity contribution in [3.05, 3.63) is 59.2 Å². The van der Waals surface area contributed by atoms with Crippen molar-refractivity contribution in [1.82, 2.24) is 10.6 Å². The van der Waals surface area contributed by atoms with E-state index in [4.69, 9.17) is 9.26 Å². The van der Waals surface area contributed by atoms with Crippen molar-refractivity contribution in [2.24, 2.45) is 0 Å². The van der Waals surface area contributed by atoms with Crippen LogP contribution in [0.5, 0.6) is 5.75 Å². The molecule has 2 aromatic rings. The van der Waals surface area contributed by atoms with Crippen molar-refractivity contribution in [1.29, 1.82) is 0 Å². The predicted octanol–water partition coefficient (Wildman–Crippen LogP) is 4.11. The van der Waals surface area contributed by atoms with Crippen LogP contribution in [-0.4, -0.2) is 55.9 Å². The number of fused-ring (bicyclic) bond motifs is 1. The van der Waals surface area contributed by atoms with Gasteiger partial charge in [0.1, 0.15) is 0 Å². The number of benzene rings is 2. The number of hydrogen-bond acceptors (Lipinski definition) is 8. The van der Waals surface area contributed by atoms with Gasteiger partial charge in [0.2, 0.25) is 0 Å². The third-order valence-electron chi connectivity index (χ3n) is 7.11. The van der Waals surface area contributed by atoms with Crippen LogP contribution in [0.4, 0.5) is 0 Å². The molecule has 0 saturated carbocycles. The van der Waals surface area contributed by atoms with Gasteiger partial charge in [-0.15, -0.1) is 0 Å². The summed E-state index contributed by atoms with van der Waals surface area (Å²) >= 11 is 0. The topological polar surface area (TPSA) is 117 Å². The maximum absolute atomic E-state index is 13.9. The molecule has 1 heterocycles. The molecule has 37 heavy (non-hydrogen) atoms. The molecule has 2 atom stereocenters. The molecule has 2 aromatic carbocycles. The Hall–Kier alpha value is -1.58. The first-order valence-electron chi connectivity index (χ1n) is 13.2. The van der Waals surface area contributed by atoms with Gasteiger partial charge in [-0.05, 0) is 0 Å². The van der Waals surface area contributed by atoms with Crippen molar-refractivity contribution in [2.75, 3.05) is 32.2 Å². The molecule has 3 rings (SSSR count). The summed E-state index contributed by atoms with van der Waals surface area (Å²) in [5, 5.41) is 6.96. The molecule has 0 saturated heterocycles. The number of unbranched alkanes of at least 4 members (excludes halogenated alkanes) is 1. The number of sulfone groups is 1. The SMILES string of the molecule is CCCC[C@]1(CC)CS(=O)(=O)c2cc(CNCC[PH](O)(O)OCC)c(OC)cc2[C@@H](c2ccccc2)N1. The predicted molar refractivity (Wildman–Crippen MR) is 150 cm³/mol. The Bertz CT molecular complexity index is 1130. The van der Waals surface area contributed by atoms with Gasteiger partial charge in [-0.3, -0.25) is 0 Å². The summed E-state index contributed by atoms with van der Waals surface area (Å²) in [4.78, 5) is 20.2. The number of nitrogens with one attached hydrogen (secondary N) is 2. The van der Waals surface area contributed by atoms with Crippen LogP contribution in [0.3, 0.4) is 0 Å². The molecular formula is C27H43N2O6PS. The van der Waals surface area contributed by atoms with Gasteiger partial charge < -0.3 is 0 Å². The molecule has 8 nitrogen and oxygen atoms in total. The molecule has 0 unspecified atom stereocenters. The van der Waals surface area contributed by atoms with Crippen LogP contribution in [0.2, 0.25) is 0 Å². The second kappa shape index (κ2) is 13.0. The second-order valence-corrected chi connectivity index (χ2v) is 14.0. The van der Waals surface area contributed by atoms with Crippen molar-refractivity contribution < 1.29 is 27.5 Å². The van der Waals surface area contributed by atoms with E-state index >= 15 is 0 Å². The number of rotatable bonds is 13. The Morgan fingerprint density at radius 1 is 1.16 bits per heavy atom. The van der Waals surface area contributed by atoms with E-state index < -0.39 is 23.3 Å². The van der Waals surface area contributed by atoms with Crippen LogP contribution in [0.1, 0.15) is 69.2 Å². The van der Waals surface area contributed by atoms with Crippen molar-refractivity contribution in [2.45, 2.75) is 69.5 Å². The van der Waals surface area contributed by atoms with E-state index in [0.717, 1.165) is 24.8 Å². The maximum atomic E-state index is 13.9. The molecule has 4 N–H and O–H groups in total. The zero-order valence-electron chi connectivity index (χ0n) is 22.4. The van der Waals surface area contributed by atoms with Crippen LogP contribution in [0.15, 0.2) is 47.4 Å². The van der Waals surface area contributed by atoms with Crippen LogP contribution in [-0.2, 0) is 20.9 Å². The molecule has 0 aliphatic carbocycles. The summed E-state index contributed by atoms with van der Waals surface area (Å²) in [5.74, 6) is 0.617. The van der Waals surface area contributed by atoms with E-state index in [1.807, 2.05) is 36.4 Å². The summed E-state index contributed by atoms with van der Waals surface area (Å²) in [5.41, 5.74) is 1.85. The quantitative estimate of drug-likeness (QED) is 0.216. The Balaban J connectivity index is 2.03. The van der Waals surface area contributed by atoms with E-state index in [1.165, 1.54) is 0 Å². The van der Waals surface area contributed by atoms with Gasteiger partial charge in [-0.2, -0.15) is 0 Å².